The average molecular weight is 195 g/mol. The van der Waals surface area contributed by atoms with Crippen LogP contribution in [0.5, 0.6) is 0 Å². The largest absolute Gasteiger partial charge is 0.467 e. The highest BCUT2D eigenvalue weighted by atomic mass is 16.5. The van der Waals surface area contributed by atoms with Crippen molar-refractivity contribution in [1.82, 2.24) is 10.2 Å². The zero-order chi connectivity index (χ0) is 10.6. The van der Waals surface area contributed by atoms with Gasteiger partial charge < -0.3 is 10.1 Å². The van der Waals surface area contributed by atoms with E-state index in [9.17, 15) is 4.79 Å². The van der Waals surface area contributed by atoms with Crippen LogP contribution in [0, 0.1) is 6.92 Å². The molecule has 0 saturated carbocycles. The van der Waals surface area contributed by atoms with E-state index < -0.39 is 6.04 Å². The Hall–Kier alpha value is -1.65. The first-order chi connectivity index (χ1) is 6.63. The van der Waals surface area contributed by atoms with Gasteiger partial charge in [0.15, 0.2) is 0 Å². The summed E-state index contributed by atoms with van der Waals surface area (Å²) in [4.78, 5) is 11.1. The van der Waals surface area contributed by atoms with Crippen LogP contribution in [0.4, 0.5) is 5.82 Å². The van der Waals surface area contributed by atoms with Crippen molar-refractivity contribution in [2.75, 3.05) is 12.4 Å². The van der Waals surface area contributed by atoms with Crippen LogP contribution >= 0.6 is 0 Å². The molecule has 1 rings (SSSR count). The highest BCUT2D eigenvalue weighted by Gasteiger charge is 2.12. The van der Waals surface area contributed by atoms with Gasteiger partial charge in [0.05, 0.1) is 12.8 Å². The monoisotopic (exact) mass is 195 g/mol. The molecule has 0 amide bonds. The molecule has 1 atom stereocenters. The molecule has 0 radical (unpaired) electrons. The zero-order valence-corrected chi connectivity index (χ0v) is 8.44. The quantitative estimate of drug-likeness (QED) is 0.721. The van der Waals surface area contributed by atoms with Gasteiger partial charge in [0, 0.05) is 0 Å². The number of carbonyl (C=O) groups is 1. The Bertz CT molecular complexity index is 310. The number of esters is 1. The van der Waals surface area contributed by atoms with Gasteiger partial charge >= 0.3 is 5.97 Å². The lowest BCUT2D eigenvalue weighted by Crippen LogP contribution is -2.27. The molecule has 0 aliphatic heterocycles. The van der Waals surface area contributed by atoms with Crippen LogP contribution in [0.1, 0.15) is 12.6 Å². The van der Waals surface area contributed by atoms with Crippen molar-refractivity contribution in [2.24, 2.45) is 0 Å². The Morgan fingerprint density at radius 1 is 1.50 bits per heavy atom. The second kappa shape index (κ2) is 4.55. The van der Waals surface area contributed by atoms with Gasteiger partial charge in [0.2, 0.25) is 0 Å². The van der Waals surface area contributed by atoms with Crippen molar-refractivity contribution >= 4 is 11.8 Å². The number of aromatic nitrogens is 2. The molecule has 0 spiro atoms. The van der Waals surface area contributed by atoms with Crippen LogP contribution in [0.25, 0.3) is 0 Å². The normalized spacial score (nSPS) is 11.9. The molecular formula is C9H13N3O2. The second-order valence-corrected chi connectivity index (χ2v) is 2.95. The van der Waals surface area contributed by atoms with Crippen molar-refractivity contribution in [3.05, 3.63) is 17.8 Å². The van der Waals surface area contributed by atoms with Gasteiger partial charge in [0.25, 0.3) is 0 Å². The minimum absolute atomic E-state index is 0.327. The van der Waals surface area contributed by atoms with E-state index in [0.29, 0.717) is 5.82 Å². The second-order valence-electron chi connectivity index (χ2n) is 2.95. The molecule has 1 N–H and O–H groups in total. The lowest BCUT2D eigenvalue weighted by molar-refractivity contribution is -0.141. The predicted octanol–water partition coefficient (Wildman–Crippen LogP) is 0.758. The fourth-order valence-corrected chi connectivity index (χ4v) is 0.933. The maximum atomic E-state index is 11.1. The Labute approximate surface area is 82.5 Å². The predicted molar refractivity (Wildman–Crippen MR) is 51.9 cm³/mol. The molecule has 5 heteroatoms. The summed E-state index contributed by atoms with van der Waals surface area (Å²) in [5.74, 6) is 0.237. The SMILES string of the molecule is COC(=O)C(C)Nc1ccc(C)nn1. The Kier molecular flexibility index (Phi) is 3.39. The number of nitrogens with one attached hydrogen (secondary N) is 1. The van der Waals surface area contributed by atoms with Crippen LogP contribution < -0.4 is 5.32 Å². The minimum Gasteiger partial charge on any atom is -0.467 e. The number of aryl methyl sites for hydroxylation is 1. The fourth-order valence-electron chi connectivity index (χ4n) is 0.933. The average Bonchev–Trinajstić information content (AvgIpc) is 2.20. The number of rotatable bonds is 3. The van der Waals surface area contributed by atoms with E-state index in [1.165, 1.54) is 7.11 Å². The smallest absolute Gasteiger partial charge is 0.328 e. The third kappa shape index (κ3) is 2.69. The summed E-state index contributed by atoms with van der Waals surface area (Å²) in [6.45, 7) is 3.55. The summed E-state index contributed by atoms with van der Waals surface area (Å²) in [5.41, 5.74) is 0.835. The van der Waals surface area contributed by atoms with Gasteiger partial charge in [-0.2, -0.15) is 5.10 Å². The van der Waals surface area contributed by atoms with Crippen molar-refractivity contribution in [3.63, 3.8) is 0 Å². The molecular weight excluding hydrogens is 182 g/mol. The zero-order valence-electron chi connectivity index (χ0n) is 8.44. The van der Waals surface area contributed by atoms with Crippen molar-refractivity contribution in [3.8, 4) is 0 Å². The first-order valence-corrected chi connectivity index (χ1v) is 4.28. The van der Waals surface area contributed by atoms with E-state index in [0.717, 1.165) is 5.69 Å². The lowest BCUT2D eigenvalue weighted by Gasteiger charge is -2.10. The molecule has 5 nitrogen and oxygen atoms in total. The molecule has 1 heterocycles. The maximum absolute atomic E-state index is 11.1. The topological polar surface area (TPSA) is 64.1 Å². The Morgan fingerprint density at radius 2 is 2.21 bits per heavy atom. The molecule has 76 valence electrons. The standard InChI is InChI=1S/C9H13N3O2/c1-6-4-5-8(12-11-6)10-7(2)9(13)14-3/h4-5,7H,1-3H3,(H,10,12). The van der Waals surface area contributed by atoms with Crippen LogP contribution in [0.15, 0.2) is 12.1 Å². The maximum Gasteiger partial charge on any atom is 0.328 e. The first-order valence-electron chi connectivity index (χ1n) is 4.28. The van der Waals surface area contributed by atoms with Crippen molar-refractivity contribution < 1.29 is 9.53 Å². The number of ether oxygens (including phenoxy) is 1. The molecule has 0 aliphatic rings. The van der Waals surface area contributed by atoms with Crippen molar-refractivity contribution in [1.29, 1.82) is 0 Å². The molecule has 0 bridgehead atoms. The molecule has 14 heavy (non-hydrogen) atoms. The van der Waals surface area contributed by atoms with E-state index in [4.69, 9.17) is 0 Å². The molecule has 1 aromatic heterocycles. The molecule has 0 aromatic carbocycles. The molecule has 1 aromatic rings. The Morgan fingerprint density at radius 3 is 2.71 bits per heavy atom. The van der Waals surface area contributed by atoms with E-state index in [1.807, 2.05) is 13.0 Å². The number of methoxy groups -OCH3 is 1. The molecule has 0 fully saturated rings. The molecule has 1 unspecified atom stereocenters. The fraction of sp³-hybridized carbons (Fsp3) is 0.444. The van der Waals surface area contributed by atoms with Crippen LogP contribution in [-0.2, 0) is 9.53 Å². The number of nitrogens with zero attached hydrogens (tertiary/aromatic N) is 2. The minimum atomic E-state index is -0.419. The summed E-state index contributed by atoms with van der Waals surface area (Å²) in [5, 5.41) is 10.6. The van der Waals surface area contributed by atoms with Gasteiger partial charge in [-0.15, -0.1) is 5.10 Å². The summed E-state index contributed by atoms with van der Waals surface area (Å²) in [7, 11) is 1.35. The third-order valence-corrected chi connectivity index (χ3v) is 1.72. The third-order valence-electron chi connectivity index (χ3n) is 1.72. The number of carbonyl (C=O) groups excluding carboxylic acids is 1. The summed E-state index contributed by atoms with van der Waals surface area (Å²) >= 11 is 0. The van der Waals surface area contributed by atoms with Gasteiger partial charge in [0.1, 0.15) is 11.9 Å². The lowest BCUT2D eigenvalue weighted by atomic mass is 10.3. The van der Waals surface area contributed by atoms with Crippen LogP contribution in [0.3, 0.4) is 0 Å². The van der Waals surface area contributed by atoms with Gasteiger partial charge in [-0.05, 0) is 26.0 Å². The van der Waals surface area contributed by atoms with Crippen LogP contribution in [0.2, 0.25) is 0 Å². The Balaban J connectivity index is 2.60. The highest BCUT2D eigenvalue weighted by molar-refractivity contribution is 5.78. The number of hydrogen-bond acceptors (Lipinski definition) is 5. The van der Waals surface area contributed by atoms with Crippen LogP contribution in [-0.4, -0.2) is 29.3 Å². The van der Waals surface area contributed by atoms with E-state index in [-0.39, 0.29) is 5.97 Å². The van der Waals surface area contributed by atoms with Gasteiger partial charge in [-0.25, -0.2) is 4.79 Å². The summed E-state index contributed by atoms with van der Waals surface area (Å²) in [6.07, 6.45) is 0. The highest BCUT2D eigenvalue weighted by Crippen LogP contribution is 2.03. The first kappa shape index (κ1) is 10.4. The van der Waals surface area contributed by atoms with E-state index in [1.54, 1.807) is 13.0 Å². The number of hydrogen-bond donors (Lipinski definition) is 1. The van der Waals surface area contributed by atoms with E-state index in [2.05, 4.69) is 20.3 Å². The molecule has 0 saturated heterocycles. The summed E-state index contributed by atoms with van der Waals surface area (Å²) in [6, 6.07) is 3.16. The van der Waals surface area contributed by atoms with Gasteiger partial charge in [-0.3, -0.25) is 0 Å². The van der Waals surface area contributed by atoms with Crippen molar-refractivity contribution in [2.45, 2.75) is 19.9 Å². The number of anilines is 1. The summed E-state index contributed by atoms with van der Waals surface area (Å²) < 4.78 is 4.56. The van der Waals surface area contributed by atoms with E-state index >= 15 is 0 Å². The van der Waals surface area contributed by atoms with Gasteiger partial charge in [-0.1, -0.05) is 0 Å². The molecule has 0 aliphatic carbocycles.